The van der Waals surface area contributed by atoms with Gasteiger partial charge < -0.3 is 0 Å². The first-order valence-electron chi connectivity index (χ1n) is 4.96. The van der Waals surface area contributed by atoms with Crippen molar-refractivity contribution in [3.63, 3.8) is 0 Å². The normalized spacial score (nSPS) is 12.0. The van der Waals surface area contributed by atoms with Crippen molar-refractivity contribution in [3.8, 4) is 0 Å². The van der Waals surface area contributed by atoms with Crippen LogP contribution in [0.2, 0.25) is 0 Å². The van der Waals surface area contributed by atoms with Gasteiger partial charge in [0, 0.05) is 18.3 Å². The quantitative estimate of drug-likeness (QED) is 0.785. The standard InChI is InChI=1S/C10H10Br2N4O/c1-6-3-4-16-8(14-15-9(16)13-6)5-10(11,12)7(2)17/h3-4H,5H2,1-2H3. The summed E-state index contributed by atoms with van der Waals surface area (Å²) in [6.07, 6.45) is 2.25. The Kier molecular flexibility index (Phi) is 3.31. The lowest BCUT2D eigenvalue weighted by molar-refractivity contribution is -0.117. The van der Waals surface area contributed by atoms with Crippen LogP contribution >= 0.6 is 31.9 Å². The van der Waals surface area contributed by atoms with E-state index < -0.39 is 3.23 Å². The molecule has 2 heterocycles. The summed E-state index contributed by atoms with van der Waals surface area (Å²) in [7, 11) is 0. The Morgan fingerprint density at radius 2 is 2.18 bits per heavy atom. The molecule has 0 fully saturated rings. The second-order valence-corrected chi connectivity index (χ2v) is 7.56. The van der Waals surface area contributed by atoms with E-state index in [1.54, 1.807) is 4.40 Å². The highest BCUT2D eigenvalue weighted by Gasteiger charge is 2.31. The zero-order valence-electron chi connectivity index (χ0n) is 9.31. The third-order valence-corrected chi connectivity index (χ3v) is 4.06. The number of rotatable bonds is 3. The number of ketones is 1. The van der Waals surface area contributed by atoms with Gasteiger partial charge in [0.2, 0.25) is 0 Å². The maximum absolute atomic E-state index is 11.4. The lowest BCUT2D eigenvalue weighted by atomic mass is 10.2. The molecular weight excluding hydrogens is 352 g/mol. The van der Waals surface area contributed by atoms with Crippen molar-refractivity contribution in [1.82, 2.24) is 19.6 Å². The molecule has 0 radical (unpaired) electrons. The molecule has 0 bridgehead atoms. The monoisotopic (exact) mass is 360 g/mol. The van der Waals surface area contributed by atoms with Gasteiger partial charge in [0.25, 0.3) is 5.78 Å². The van der Waals surface area contributed by atoms with Crippen LogP contribution in [-0.4, -0.2) is 28.6 Å². The van der Waals surface area contributed by atoms with Crippen molar-refractivity contribution < 1.29 is 4.79 Å². The number of hydrogen-bond acceptors (Lipinski definition) is 4. The molecule has 2 rings (SSSR count). The highest BCUT2D eigenvalue weighted by Crippen LogP contribution is 2.31. The summed E-state index contributed by atoms with van der Waals surface area (Å²) in [5.41, 5.74) is 0.881. The second-order valence-electron chi connectivity index (χ2n) is 3.79. The Labute approximate surface area is 115 Å². The van der Waals surface area contributed by atoms with Gasteiger partial charge in [-0.2, -0.15) is 0 Å². The molecule has 0 N–H and O–H groups in total. The second kappa shape index (κ2) is 4.45. The number of nitrogens with zero attached hydrogens (tertiary/aromatic N) is 4. The third-order valence-electron chi connectivity index (χ3n) is 2.38. The summed E-state index contributed by atoms with van der Waals surface area (Å²) >= 11 is 6.67. The lowest BCUT2D eigenvalue weighted by Crippen LogP contribution is -2.25. The van der Waals surface area contributed by atoms with Crippen LogP contribution < -0.4 is 0 Å². The van der Waals surface area contributed by atoms with Crippen LogP contribution in [0.5, 0.6) is 0 Å². The van der Waals surface area contributed by atoms with Crippen molar-refractivity contribution in [3.05, 3.63) is 23.8 Å². The highest BCUT2D eigenvalue weighted by atomic mass is 79.9. The van der Waals surface area contributed by atoms with Crippen LogP contribution in [-0.2, 0) is 11.2 Å². The van der Waals surface area contributed by atoms with Gasteiger partial charge in [0.15, 0.2) is 5.78 Å². The molecular formula is C10H10Br2N4O. The average molecular weight is 362 g/mol. The molecule has 2 aromatic rings. The molecule has 0 aliphatic rings. The molecule has 0 unspecified atom stereocenters. The van der Waals surface area contributed by atoms with Crippen molar-refractivity contribution >= 4 is 43.4 Å². The van der Waals surface area contributed by atoms with E-state index in [1.807, 2.05) is 19.2 Å². The zero-order valence-corrected chi connectivity index (χ0v) is 12.5. The molecule has 0 spiro atoms. The molecule has 0 atom stereocenters. The summed E-state index contributed by atoms with van der Waals surface area (Å²) in [6.45, 7) is 3.40. The Morgan fingerprint density at radius 1 is 1.47 bits per heavy atom. The van der Waals surface area contributed by atoms with E-state index >= 15 is 0 Å². The number of aromatic nitrogens is 4. The fourth-order valence-corrected chi connectivity index (χ4v) is 1.87. The van der Waals surface area contributed by atoms with Crippen molar-refractivity contribution in [2.75, 3.05) is 0 Å². The van der Waals surface area contributed by atoms with E-state index in [9.17, 15) is 4.79 Å². The minimum absolute atomic E-state index is 0.0191. The third kappa shape index (κ3) is 2.55. The molecule has 0 aromatic carbocycles. The number of carbonyl (C=O) groups is 1. The summed E-state index contributed by atoms with van der Waals surface area (Å²) in [5, 5.41) is 8.01. The SMILES string of the molecule is CC(=O)C(Br)(Br)Cc1nnc2nc(C)ccn12. The Bertz CT molecular complexity index is 579. The maximum Gasteiger partial charge on any atom is 0.255 e. The van der Waals surface area contributed by atoms with Crippen LogP contribution in [0.15, 0.2) is 12.3 Å². The number of fused-ring (bicyclic) bond motifs is 1. The number of Topliss-reactive ketones (excluding diaryl/α,β-unsaturated/α-hetero) is 1. The molecule has 0 aliphatic heterocycles. The minimum Gasteiger partial charge on any atom is -0.297 e. The molecule has 5 nitrogen and oxygen atoms in total. The van der Waals surface area contributed by atoms with Gasteiger partial charge >= 0.3 is 0 Å². The molecule has 90 valence electrons. The Morgan fingerprint density at radius 3 is 2.82 bits per heavy atom. The van der Waals surface area contributed by atoms with Gasteiger partial charge in [-0.15, -0.1) is 10.2 Å². The van der Waals surface area contributed by atoms with Crippen LogP contribution in [0.1, 0.15) is 18.4 Å². The van der Waals surface area contributed by atoms with Gasteiger partial charge in [-0.25, -0.2) is 4.98 Å². The molecule has 0 aliphatic carbocycles. The number of aryl methyl sites for hydroxylation is 1. The first-order chi connectivity index (χ1) is 7.90. The fourth-order valence-electron chi connectivity index (χ4n) is 1.36. The van der Waals surface area contributed by atoms with Gasteiger partial charge in [-0.1, -0.05) is 31.9 Å². The summed E-state index contributed by atoms with van der Waals surface area (Å²) in [6, 6.07) is 1.87. The molecule has 7 heteroatoms. The van der Waals surface area contributed by atoms with Gasteiger partial charge in [0.05, 0.1) is 0 Å². The zero-order chi connectivity index (χ0) is 12.6. The van der Waals surface area contributed by atoms with Crippen molar-refractivity contribution in [1.29, 1.82) is 0 Å². The first kappa shape index (κ1) is 12.6. The molecule has 2 aromatic heterocycles. The van der Waals surface area contributed by atoms with Gasteiger partial charge in [-0.05, 0) is 19.9 Å². The Balaban J connectivity index is 2.41. The molecule has 0 saturated carbocycles. The summed E-state index contributed by atoms with van der Waals surface area (Å²) in [5.74, 6) is 1.20. The van der Waals surface area contributed by atoms with Gasteiger partial charge in [-0.3, -0.25) is 9.20 Å². The topological polar surface area (TPSA) is 60.2 Å². The van der Waals surface area contributed by atoms with Crippen LogP contribution in [0, 0.1) is 6.92 Å². The largest absolute Gasteiger partial charge is 0.297 e. The fraction of sp³-hybridized carbons (Fsp3) is 0.400. The van der Waals surface area contributed by atoms with Gasteiger partial charge in [0.1, 0.15) is 9.06 Å². The Hall–Kier alpha value is -0.820. The average Bonchev–Trinajstić information content (AvgIpc) is 2.60. The van der Waals surface area contributed by atoms with Crippen molar-refractivity contribution in [2.45, 2.75) is 23.5 Å². The van der Waals surface area contributed by atoms with E-state index in [0.29, 0.717) is 18.0 Å². The number of carbonyl (C=O) groups excluding carboxylic acids is 1. The maximum atomic E-state index is 11.4. The summed E-state index contributed by atoms with van der Waals surface area (Å²) in [4.78, 5) is 15.7. The van der Waals surface area contributed by atoms with Crippen LogP contribution in [0.4, 0.5) is 0 Å². The van der Waals surface area contributed by atoms with E-state index in [4.69, 9.17) is 0 Å². The predicted octanol–water partition coefficient (Wildman–Crippen LogP) is 2.05. The van der Waals surface area contributed by atoms with E-state index in [2.05, 4.69) is 47.0 Å². The first-order valence-corrected chi connectivity index (χ1v) is 6.55. The summed E-state index contributed by atoms with van der Waals surface area (Å²) < 4.78 is 0.973. The number of alkyl halides is 2. The van der Waals surface area contributed by atoms with E-state index in [-0.39, 0.29) is 5.78 Å². The predicted molar refractivity (Wildman–Crippen MR) is 70.5 cm³/mol. The van der Waals surface area contributed by atoms with Crippen LogP contribution in [0.3, 0.4) is 0 Å². The highest BCUT2D eigenvalue weighted by molar-refractivity contribution is 9.25. The smallest absolute Gasteiger partial charge is 0.255 e. The minimum atomic E-state index is -0.798. The molecule has 0 amide bonds. The van der Waals surface area contributed by atoms with E-state index in [1.165, 1.54) is 6.92 Å². The van der Waals surface area contributed by atoms with Crippen LogP contribution in [0.25, 0.3) is 5.78 Å². The number of halogens is 2. The molecule has 17 heavy (non-hydrogen) atoms. The number of hydrogen-bond donors (Lipinski definition) is 0. The molecule has 0 saturated heterocycles. The van der Waals surface area contributed by atoms with Crippen molar-refractivity contribution in [2.24, 2.45) is 0 Å². The van der Waals surface area contributed by atoms with E-state index in [0.717, 1.165) is 5.69 Å². The lowest BCUT2D eigenvalue weighted by Gasteiger charge is -2.14.